The molecule has 396 valence electrons. The van der Waals surface area contributed by atoms with Gasteiger partial charge in [0.2, 0.25) is 0 Å². The number of hydrogen-bond acceptors (Lipinski definition) is 18. The van der Waals surface area contributed by atoms with Crippen molar-refractivity contribution in [2.24, 2.45) is 73.4 Å². The van der Waals surface area contributed by atoms with Gasteiger partial charge in [-0.3, -0.25) is 29.5 Å². The molecule has 12 aliphatic rings. The molecule has 15 nitrogen and oxygen atoms in total. The highest BCUT2D eigenvalue weighted by Gasteiger charge is 2.65. The number of ether oxygens (including phenoxy) is 3. The van der Waals surface area contributed by atoms with Gasteiger partial charge in [-0.25, -0.2) is 0 Å². The molecule has 12 bridgehead atoms. The number of alkyl halides is 6. The quantitative estimate of drug-likeness (QED) is 0.0314. The van der Waals surface area contributed by atoms with Crippen molar-refractivity contribution in [1.82, 2.24) is 0 Å². The normalized spacial score (nSPS) is 39.0. The van der Waals surface area contributed by atoms with Gasteiger partial charge in [0.15, 0.2) is 19.8 Å². The van der Waals surface area contributed by atoms with E-state index in [1.807, 2.05) is 0 Å². The molecule has 6 atom stereocenters. The van der Waals surface area contributed by atoms with E-state index in [0.29, 0.717) is 41.9 Å². The lowest BCUT2D eigenvalue weighted by Crippen LogP contribution is -2.59. The minimum atomic E-state index is -3.52. The summed E-state index contributed by atoms with van der Waals surface area (Å²) in [5, 5.41) is 27.0. The Morgan fingerprint density at radius 1 is 0.464 bits per heavy atom. The van der Waals surface area contributed by atoms with E-state index in [1.54, 1.807) is 0 Å². The van der Waals surface area contributed by atoms with Crippen molar-refractivity contribution in [3.05, 3.63) is 0 Å². The van der Waals surface area contributed by atoms with Crippen molar-refractivity contribution in [2.45, 2.75) is 166 Å². The second-order valence-corrected chi connectivity index (χ2v) is 26.9. The monoisotopic (exact) mass is 1050 g/mol. The Bertz CT molecular complexity index is 1730. The van der Waals surface area contributed by atoms with Crippen molar-refractivity contribution >= 4 is 54.0 Å². The highest BCUT2D eigenvalue weighted by atomic mass is 32.2. The molecule has 24 heteroatoms. The van der Waals surface area contributed by atoms with Gasteiger partial charge < -0.3 is 30.0 Å². The van der Waals surface area contributed by atoms with Crippen LogP contribution in [0.1, 0.15) is 150 Å². The van der Waals surface area contributed by atoms with Crippen LogP contribution in [-0.2, 0) is 56.7 Å². The summed E-state index contributed by atoms with van der Waals surface area (Å²) < 4.78 is 106. The SMILES string of the molecule is CC(C)(C)C12CC3CC(CC(C(=O)OCC(F)(F)SOO[O-])(C3)C1)C2.CC12CC3CC(C1)CC(C(=O)OCC(F)(F)SOO[O-])(C3)C2.CC12CC3CC(C1)CC(C(=O)OCC(F)(F)SOO[O-])(C3)C2. The molecule has 0 amide bonds. The van der Waals surface area contributed by atoms with Crippen LogP contribution in [0.25, 0.3) is 0 Å². The van der Waals surface area contributed by atoms with Crippen molar-refractivity contribution in [1.29, 1.82) is 0 Å². The smallest absolute Gasteiger partial charge is 0.354 e. The van der Waals surface area contributed by atoms with Crippen molar-refractivity contribution in [2.75, 3.05) is 19.8 Å². The van der Waals surface area contributed by atoms with Gasteiger partial charge in [0.25, 0.3) is 0 Å². The summed E-state index contributed by atoms with van der Waals surface area (Å²) in [7, 11) is 0. The Morgan fingerprint density at radius 2 is 0.725 bits per heavy atom. The molecule has 0 aliphatic heterocycles. The molecule has 12 rings (SSSR count). The molecule has 6 unspecified atom stereocenters. The molecule has 0 aromatic rings. The molecule has 0 radical (unpaired) electrons. The fourth-order valence-electron chi connectivity index (χ4n) is 16.5. The van der Waals surface area contributed by atoms with Crippen LogP contribution in [0.2, 0.25) is 0 Å². The Kier molecular flexibility index (Phi) is 16.4. The number of carbonyl (C=O) groups is 3. The lowest BCUT2D eigenvalue weighted by Gasteiger charge is -2.65. The van der Waals surface area contributed by atoms with Gasteiger partial charge in [-0.1, -0.05) is 34.6 Å². The molecule has 0 saturated heterocycles. The highest BCUT2D eigenvalue weighted by Crippen LogP contribution is 2.71. The van der Waals surface area contributed by atoms with Gasteiger partial charge in [-0.2, -0.15) is 39.3 Å². The maximum absolute atomic E-state index is 13.5. The van der Waals surface area contributed by atoms with Gasteiger partial charge in [0.1, 0.15) is 36.1 Å². The van der Waals surface area contributed by atoms with Crippen LogP contribution >= 0.6 is 36.1 Å². The van der Waals surface area contributed by atoms with Crippen LogP contribution < -0.4 is 15.8 Å². The second-order valence-electron chi connectivity index (χ2n) is 24.2. The molecular formula is C45H63F6O15S3-3. The van der Waals surface area contributed by atoms with Crippen LogP contribution in [0, 0.1) is 73.4 Å². The zero-order valence-corrected chi connectivity index (χ0v) is 41.9. The first kappa shape index (κ1) is 55.4. The summed E-state index contributed by atoms with van der Waals surface area (Å²) >= 11 is -1.34. The topological polar surface area (TPSA) is 203 Å². The lowest BCUT2D eigenvalue weighted by molar-refractivity contribution is -0.777. The minimum Gasteiger partial charge on any atom is -0.691 e. The van der Waals surface area contributed by atoms with E-state index in [9.17, 15) is 56.5 Å². The minimum absolute atomic E-state index is 0.0649. The first-order valence-corrected chi connectivity index (χ1v) is 25.8. The zero-order valence-electron chi connectivity index (χ0n) is 39.4. The van der Waals surface area contributed by atoms with Crippen LogP contribution in [0.4, 0.5) is 26.3 Å². The zero-order chi connectivity index (χ0) is 50.5. The van der Waals surface area contributed by atoms with Crippen LogP contribution in [-0.4, -0.2) is 53.5 Å². The largest absolute Gasteiger partial charge is 0.691 e. The fraction of sp³-hybridized carbons (Fsp3) is 0.933. The Labute approximate surface area is 410 Å². The van der Waals surface area contributed by atoms with E-state index in [0.717, 1.165) is 109 Å². The van der Waals surface area contributed by atoms with Crippen molar-refractivity contribution in [3.8, 4) is 0 Å². The number of rotatable bonds is 18. The van der Waals surface area contributed by atoms with Crippen LogP contribution in [0.5, 0.6) is 0 Å². The van der Waals surface area contributed by atoms with Gasteiger partial charge in [-0.05, 0) is 173 Å². The molecule has 12 fully saturated rings. The Morgan fingerprint density at radius 3 is 0.971 bits per heavy atom. The molecule has 69 heavy (non-hydrogen) atoms. The lowest BCUT2D eigenvalue weighted by atomic mass is 9.39. The van der Waals surface area contributed by atoms with Gasteiger partial charge >= 0.3 is 33.7 Å². The van der Waals surface area contributed by atoms with Crippen molar-refractivity contribution < 1.29 is 98.8 Å². The Balaban J connectivity index is 0.000000153. The molecule has 12 saturated carbocycles. The summed E-state index contributed by atoms with van der Waals surface area (Å²) in [6.07, 6.45) is 16.8. The van der Waals surface area contributed by atoms with E-state index in [1.165, 1.54) is 0 Å². The van der Waals surface area contributed by atoms with Gasteiger partial charge in [-0.15, -0.1) is 0 Å². The van der Waals surface area contributed by atoms with Gasteiger partial charge in [0.05, 0.1) is 16.2 Å². The summed E-state index contributed by atoms with van der Waals surface area (Å²) in [5.41, 5.74) is -1.43. The maximum Gasteiger partial charge on any atom is 0.354 e. The predicted octanol–water partition coefficient (Wildman–Crippen LogP) is 8.83. The van der Waals surface area contributed by atoms with E-state index in [4.69, 9.17) is 14.2 Å². The average Bonchev–Trinajstić information content (AvgIpc) is 3.22. The Hall–Kier alpha value is -1.32. The highest BCUT2D eigenvalue weighted by molar-refractivity contribution is 7.96. The molecule has 12 aliphatic carbocycles. The van der Waals surface area contributed by atoms with Crippen LogP contribution in [0.15, 0.2) is 0 Å². The number of halogens is 6. The second kappa shape index (κ2) is 20.4. The van der Waals surface area contributed by atoms with E-state index in [-0.39, 0.29) is 21.7 Å². The molecule has 0 aromatic heterocycles. The maximum atomic E-state index is 13.5. The van der Waals surface area contributed by atoms with E-state index >= 15 is 0 Å². The first-order chi connectivity index (χ1) is 32.0. The van der Waals surface area contributed by atoms with Crippen molar-refractivity contribution in [3.63, 3.8) is 0 Å². The average molecular weight is 1050 g/mol. The molecule has 0 heterocycles. The summed E-state index contributed by atoms with van der Waals surface area (Å²) in [4.78, 5) is 37.7. The predicted molar refractivity (Wildman–Crippen MR) is 226 cm³/mol. The molecule has 0 spiro atoms. The standard InChI is InChI=1S/C17H26F2O5S.2C14H20F2O5S/c1-14(2,3)16-7-11-4-12(8-16)6-15(5-11,9-16)13(20)22-10-17(18,19)25-24-23-21;2*1-12-3-9-2-10(4-12)6-13(5-9,7-12)11(17)19-8-14(15,16)22-21-20-18/h11-12,21H,4-10H2,1-3H3;2*9-10,18H,2-8H2,1H3/p-3. The molecular weight excluding hydrogens is 991 g/mol. The summed E-state index contributed by atoms with van der Waals surface area (Å²) in [5.74, 6) is 1.37. The molecule has 0 N–H and O–H groups in total. The third-order valence-corrected chi connectivity index (χ3v) is 18.8. The number of hydrogen-bond donors (Lipinski definition) is 0. The third-order valence-electron chi connectivity index (χ3n) is 17.3. The van der Waals surface area contributed by atoms with E-state index < -0.39 is 106 Å². The van der Waals surface area contributed by atoms with E-state index in [2.05, 4.69) is 62.7 Å². The fourth-order valence-corrected chi connectivity index (χ4v) is 17.2. The third kappa shape index (κ3) is 12.6. The summed E-state index contributed by atoms with van der Waals surface area (Å²) in [6.45, 7) is 7.66. The number of carbonyl (C=O) groups excluding carboxylic acids is 3. The van der Waals surface area contributed by atoms with Crippen LogP contribution in [0.3, 0.4) is 0 Å². The summed E-state index contributed by atoms with van der Waals surface area (Å²) in [6, 6.07) is 0. The number of esters is 3. The molecule has 0 aromatic carbocycles. The van der Waals surface area contributed by atoms with Gasteiger partial charge in [0, 0.05) is 0 Å². The first-order valence-electron chi connectivity index (χ1n) is 23.6.